The number of hydrogen-bond acceptors (Lipinski definition) is 3. The second kappa shape index (κ2) is 6.34. The average molecular weight is 314 g/mol. The number of rotatable bonds is 3. The van der Waals surface area contributed by atoms with Crippen molar-refractivity contribution in [3.05, 3.63) is 65.0 Å². The number of aliphatic hydroxyl groups excluding tert-OH is 1. The summed E-state index contributed by atoms with van der Waals surface area (Å²) in [7, 11) is 0. The second-order valence-corrected chi connectivity index (χ2v) is 5.63. The van der Waals surface area contributed by atoms with Gasteiger partial charge in [0.2, 0.25) is 0 Å². The minimum Gasteiger partial charge on any atom is -0.456 e. The third-order valence-electron chi connectivity index (χ3n) is 3.31. The Morgan fingerprint density at radius 3 is 2.59 bits per heavy atom. The van der Waals surface area contributed by atoms with E-state index in [1.54, 1.807) is 6.92 Å². The van der Waals surface area contributed by atoms with E-state index in [1.807, 2.05) is 54.6 Å². The molecule has 1 unspecified atom stereocenters. The third kappa shape index (κ3) is 3.21. The van der Waals surface area contributed by atoms with E-state index in [4.69, 9.17) is 16.0 Å². The van der Waals surface area contributed by atoms with E-state index < -0.39 is 6.10 Å². The summed E-state index contributed by atoms with van der Waals surface area (Å²) in [5, 5.41) is 11.9. The van der Waals surface area contributed by atoms with Crippen LogP contribution in [0.4, 0.5) is 0 Å². The van der Waals surface area contributed by atoms with E-state index in [1.165, 1.54) is 0 Å². The molecular weight excluding hydrogens is 298 g/mol. The van der Waals surface area contributed by atoms with Crippen LogP contribution in [0.3, 0.4) is 0 Å². The molecule has 112 valence electrons. The molecule has 1 aromatic heterocycles. The van der Waals surface area contributed by atoms with Crippen molar-refractivity contribution in [2.45, 2.75) is 13.0 Å². The van der Waals surface area contributed by atoms with Gasteiger partial charge in [-0.15, -0.1) is 0 Å². The maximum Gasteiger partial charge on any atom is 0.136 e. The van der Waals surface area contributed by atoms with E-state index in [0.29, 0.717) is 11.6 Å². The number of nitrogens with zero attached hydrogens (tertiary/aromatic N) is 1. The Bertz CT molecular complexity index is 851. The van der Waals surface area contributed by atoms with E-state index in [2.05, 4.69) is 4.99 Å². The largest absolute Gasteiger partial charge is 0.456 e. The molecule has 0 spiro atoms. The number of para-hydroxylation sites is 1. The predicted molar refractivity (Wildman–Crippen MR) is 88.8 cm³/mol. The summed E-state index contributed by atoms with van der Waals surface area (Å²) < 4.78 is 5.97. The SMILES string of the molecule is CC(O)CN=c1cc(-c2ccc(Cl)cc2)oc2ccccc12. The molecule has 4 heteroatoms. The Morgan fingerprint density at radius 2 is 1.86 bits per heavy atom. The summed E-state index contributed by atoms with van der Waals surface area (Å²) >= 11 is 5.93. The van der Waals surface area contributed by atoms with Crippen molar-refractivity contribution in [2.75, 3.05) is 6.54 Å². The summed E-state index contributed by atoms with van der Waals surface area (Å²) in [6.45, 7) is 2.08. The first-order valence-electron chi connectivity index (χ1n) is 7.11. The number of halogens is 1. The van der Waals surface area contributed by atoms with Gasteiger partial charge >= 0.3 is 0 Å². The van der Waals surface area contributed by atoms with Crippen LogP contribution >= 0.6 is 11.6 Å². The van der Waals surface area contributed by atoms with Crippen molar-refractivity contribution >= 4 is 22.6 Å². The summed E-state index contributed by atoms with van der Waals surface area (Å²) in [6.07, 6.45) is -0.477. The van der Waals surface area contributed by atoms with Crippen molar-refractivity contribution < 1.29 is 9.52 Å². The van der Waals surface area contributed by atoms with Crippen LogP contribution in [0, 0.1) is 0 Å². The fraction of sp³-hybridized carbons (Fsp3) is 0.167. The van der Waals surface area contributed by atoms with Gasteiger partial charge in [0.1, 0.15) is 11.3 Å². The zero-order valence-corrected chi connectivity index (χ0v) is 12.9. The minimum absolute atomic E-state index is 0.355. The molecule has 0 amide bonds. The molecular formula is C18H16ClNO2. The van der Waals surface area contributed by atoms with Crippen molar-refractivity contribution in [3.63, 3.8) is 0 Å². The van der Waals surface area contributed by atoms with Crippen LogP contribution in [0.15, 0.2) is 64.0 Å². The summed E-state index contributed by atoms with van der Waals surface area (Å²) in [4.78, 5) is 4.50. The number of hydrogen-bond donors (Lipinski definition) is 1. The molecule has 0 saturated carbocycles. The van der Waals surface area contributed by atoms with Crippen LogP contribution < -0.4 is 5.36 Å². The highest BCUT2D eigenvalue weighted by Gasteiger charge is 2.06. The van der Waals surface area contributed by atoms with Crippen LogP contribution in [0.2, 0.25) is 5.02 Å². The lowest BCUT2D eigenvalue weighted by atomic mass is 10.1. The van der Waals surface area contributed by atoms with E-state index in [0.717, 1.165) is 27.7 Å². The highest BCUT2D eigenvalue weighted by atomic mass is 35.5. The van der Waals surface area contributed by atoms with Crippen molar-refractivity contribution in [2.24, 2.45) is 4.99 Å². The molecule has 3 rings (SSSR count). The van der Waals surface area contributed by atoms with Gasteiger partial charge in [-0.2, -0.15) is 0 Å². The number of aliphatic hydroxyl groups is 1. The molecule has 3 aromatic rings. The summed E-state index contributed by atoms with van der Waals surface area (Å²) in [5.74, 6) is 0.722. The molecule has 22 heavy (non-hydrogen) atoms. The first-order chi connectivity index (χ1) is 10.6. The Morgan fingerprint density at radius 1 is 1.14 bits per heavy atom. The molecule has 2 aromatic carbocycles. The van der Waals surface area contributed by atoms with Crippen molar-refractivity contribution in [1.82, 2.24) is 0 Å². The topological polar surface area (TPSA) is 45.7 Å². The summed E-state index contributed by atoms with van der Waals surface area (Å²) in [5.41, 5.74) is 1.70. The van der Waals surface area contributed by atoms with Crippen molar-refractivity contribution in [3.8, 4) is 11.3 Å². The van der Waals surface area contributed by atoms with Crippen molar-refractivity contribution in [1.29, 1.82) is 0 Å². The van der Waals surface area contributed by atoms with Gasteiger partial charge in [-0.3, -0.25) is 4.99 Å². The maximum atomic E-state index is 9.47. The van der Waals surface area contributed by atoms with E-state index in [-0.39, 0.29) is 0 Å². The zero-order valence-electron chi connectivity index (χ0n) is 12.2. The van der Waals surface area contributed by atoms with Crippen LogP contribution in [0.25, 0.3) is 22.3 Å². The zero-order chi connectivity index (χ0) is 15.5. The van der Waals surface area contributed by atoms with Gasteiger partial charge in [-0.25, -0.2) is 0 Å². The molecule has 0 fully saturated rings. The molecule has 0 aliphatic rings. The normalized spacial score (nSPS) is 13.5. The lowest BCUT2D eigenvalue weighted by Crippen LogP contribution is -2.11. The molecule has 0 bridgehead atoms. The van der Waals surface area contributed by atoms with Gasteiger partial charge < -0.3 is 9.52 Å². The molecule has 0 aliphatic heterocycles. The lowest BCUT2D eigenvalue weighted by Gasteiger charge is -2.05. The standard InChI is InChI=1S/C18H16ClNO2/c1-12(21)11-20-16-10-18(13-6-8-14(19)9-7-13)22-17-5-3-2-4-15(16)17/h2-10,12,21H,11H2,1H3. The molecule has 1 atom stereocenters. The molecule has 0 aliphatic carbocycles. The monoisotopic (exact) mass is 313 g/mol. The van der Waals surface area contributed by atoms with E-state index >= 15 is 0 Å². The van der Waals surface area contributed by atoms with Gasteiger partial charge in [0.25, 0.3) is 0 Å². The minimum atomic E-state index is -0.477. The van der Waals surface area contributed by atoms with Crippen LogP contribution in [0.5, 0.6) is 0 Å². The smallest absolute Gasteiger partial charge is 0.136 e. The van der Waals surface area contributed by atoms with Gasteiger partial charge in [0.05, 0.1) is 18.0 Å². The lowest BCUT2D eigenvalue weighted by molar-refractivity contribution is 0.203. The molecule has 0 radical (unpaired) electrons. The van der Waals surface area contributed by atoms with Crippen LogP contribution in [-0.2, 0) is 0 Å². The average Bonchev–Trinajstić information content (AvgIpc) is 2.53. The molecule has 0 saturated heterocycles. The Balaban J connectivity index is 2.20. The Labute approximate surface area is 133 Å². The van der Waals surface area contributed by atoms with Crippen LogP contribution in [-0.4, -0.2) is 17.8 Å². The fourth-order valence-electron chi connectivity index (χ4n) is 2.23. The van der Waals surface area contributed by atoms with Gasteiger partial charge in [0.15, 0.2) is 0 Å². The Hall–Kier alpha value is -2.10. The van der Waals surface area contributed by atoms with Gasteiger partial charge in [-0.05, 0) is 43.3 Å². The number of fused-ring (bicyclic) bond motifs is 1. The van der Waals surface area contributed by atoms with Gasteiger partial charge in [0, 0.05) is 22.0 Å². The van der Waals surface area contributed by atoms with Crippen LogP contribution in [0.1, 0.15) is 6.92 Å². The maximum absolute atomic E-state index is 9.47. The first kappa shape index (κ1) is 14.8. The second-order valence-electron chi connectivity index (χ2n) is 5.19. The fourth-order valence-corrected chi connectivity index (χ4v) is 2.36. The van der Waals surface area contributed by atoms with E-state index in [9.17, 15) is 5.11 Å². The Kier molecular flexibility index (Phi) is 4.27. The third-order valence-corrected chi connectivity index (χ3v) is 3.56. The first-order valence-corrected chi connectivity index (χ1v) is 7.48. The molecule has 1 heterocycles. The number of benzene rings is 2. The predicted octanol–water partition coefficient (Wildman–Crippen LogP) is 4.03. The quantitative estimate of drug-likeness (QED) is 0.793. The highest BCUT2D eigenvalue weighted by molar-refractivity contribution is 6.30. The molecule has 1 N–H and O–H groups in total. The summed E-state index contributed by atoms with van der Waals surface area (Å²) in [6, 6.07) is 17.1. The van der Waals surface area contributed by atoms with Gasteiger partial charge in [-0.1, -0.05) is 23.7 Å². The molecule has 3 nitrogen and oxygen atoms in total. The highest BCUT2D eigenvalue weighted by Crippen LogP contribution is 2.23.